The first kappa shape index (κ1) is 15.6. The number of nitrogens with zero attached hydrogens (tertiary/aromatic N) is 1. The van der Waals surface area contributed by atoms with Crippen LogP contribution in [0.15, 0.2) is 40.0 Å². The summed E-state index contributed by atoms with van der Waals surface area (Å²) in [7, 11) is 0. The minimum atomic E-state index is -0.654. The second-order valence-corrected chi connectivity index (χ2v) is 5.47. The van der Waals surface area contributed by atoms with E-state index in [2.05, 4.69) is 21.1 Å². The summed E-state index contributed by atoms with van der Waals surface area (Å²) >= 11 is 8.96. The summed E-state index contributed by atoms with van der Waals surface area (Å²) in [6.45, 7) is 1.82. The zero-order valence-corrected chi connectivity index (χ0v) is 13.2. The Kier molecular flexibility index (Phi) is 4.69. The number of halogens is 3. The predicted molar refractivity (Wildman–Crippen MR) is 82.9 cm³/mol. The van der Waals surface area contributed by atoms with Gasteiger partial charge in [0.2, 0.25) is 0 Å². The Hall–Kier alpha value is -1.79. The Morgan fingerprint density at radius 3 is 2.71 bits per heavy atom. The fourth-order valence-electron chi connectivity index (χ4n) is 1.66. The number of benzene rings is 2. The molecule has 0 heterocycles. The van der Waals surface area contributed by atoms with Crippen LogP contribution in [-0.2, 0) is 0 Å². The fraction of sp³-hybridized carbons (Fsp3) is 0.0714. The summed E-state index contributed by atoms with van der Waals surface area (Å²) in [4.78, 5) is 0. The molecule has 0 aliphatic carbocycles. The van der Waals surface area contributed by atoms with Gasteiger partial charge in [-0.25, -0.2) is 4.39 Å². The largest absolute Gasteiger partial charge is 0.454 e. The molecule has 7 heteroatoms. The first-order valence-corrected chi connectivity index (χ1v) is 7.01. The van der Waals surface area contributed by atoms with Gasteiger partial charge in [0.25, 0.3) is 0 Å². The van der Waals surface area contributed by atoms with E-state index >= 15 is 0 Å². The van der Waals surface area contributed by atoms with E-state index in [0.717, 1.165) is 5.56 Å². The van der Waals surface area contributed by atoms with Gasteiger partial charge in [0.15, 0.2) is 17.4 Å². The van der Waals surface area contributed by atoms with Crippen molar-refractivity contribution in [1.82, 2.24) is 0 Å². The van der Waals surface area contributed by atoms with E-state index in [0.29, 0.717) is 10.8 Å². The topological polar surface area (TPSA) is 67.8 Å². The molecular weight excluding hydrogens is 363 g/mol. The third-order valence-electron chi connectivity index (χ3n) is 2.80. The summed E-state index contributed by atoms with van der Waals surface area (Å²) in [6.07, 6.45) is 0. The lowest BCUT2D eigenvalue weighted by Gasteiger charge is -2.12. The molecular formula is C14H11BrClFN2O2. The number of ether oxygens (including phenoxy) is 1. The van der Waals surface area contributed by atoms with Gasteiger partial charge >= 0.3 is 0 Å². The van der Waals surface area contributed by atoms with Crippen LogP contribution < -0.4 is 10.5 Å². The first-order chi connectivity index (χ1) is 9.93. The molecule has 0 saturated heterocycles. The smallest absolute Gasteiger partial charge is 0.180 e. The highest BCUT2D eigenvalue weighted by molar-refractivity contribution is 9.10. The van der Waals surface area contributed by atoms with Crippen molar-refractivity contribution in [3.8, 4) is 11.5 Å². The molecule has 0 aliphatic rings. The van der Waals surface area contributed by atoms with Crippen LogP contribution in [0.4, 0.5) is 4.39 Å². The molecule has 0 fully saturated rings. The van der Waals surface area contributed by atoms with Crippen LogP contribution in [0.2, 0.25) is 5.02 Å². The maximum atomic E-state index is 14.3. The van der Waals surface area contributed by atoms with Gasteiger partial charge in [-0.1, -0.05) is 22.8 Å². The highest BCUT2D eigenvalue weighted by Gasteiger charge is 2.16. The third-order valence-corrected chi connectivity index (χ3v) is 3.81. The van der Waals surface area contributed by atoms with Crippen molar-refractivity contribution in [3.05, 3.63) is 56.8 Å². The van der Waals surface area contributed by atoms with Crippen molar-refractivity contribution in [2.24, 2.45) is 10.9 Å². The van der Waals surface area contributed by atoms with Crippen molar-refractivity contribution >= 4 is 33.4 Å². The molecule has 0 bridgehead atoms. The maximum Gasteiger partial charge on any atom is 0.180 e. The molecule has 0 spiro atoms. The molecule has 0 aliphatic heterocycles. The fourth-order valence-corrected chi connectivity index (χ4v) is 2.36. The van der Waals surface area contributed by atoms with Crippen LogP contribution in [-0.4, -0.2) is 11.0 Å². The van der Waals surface area contributed by atoms with Gasteiger partial charge in [-0.3, -0.25) is 0 Å². The summed E-state index contributed by atoms with van der Waals surface area (Å²) in [6, 6.07) is 7.97. The van der Waals surface area contributed by atoms with Gasteiger partial charge in [0.1, 0.15) is 5.75 Å². The number of nitrogens with two attached hydrogens (primary N) is 1. The van der Waals surface area contributed by atoms with Crippen LogP contribution in [0, 0.1) is 12.7 Å². The van der Waals surface area contributed by atoms with Gasteiger partial charge in [0, 0.05) is 10.6 Å². The SMILES string of the molecule is Cc1ccc(Cl)cc1Oc1ccc(/C(N)=N/O)c(Br)c1F. The molecule has 2 aromatic carbocycles. The Bertz CT molecular complexity index is 722. The minimum absolute atomic E-state index is 0.00160. The van der Waals surface area contributed by atoms with Gasteiger partial charge in [0.05, 0.1) is 4.47 Å². The summed E-state index contributed by atoms with van der Waals surface area (Å²) in [5, 5.41) is 12.0. The standard InChI is InChI=1S/C14H11BrClFN2O2/c1-7-2-3-8(16)6-11(7)21-10-5-4-9(14(18)19-20)12(15)13(10)17/h2-6,20H,1H3,(H2,18,19). The third kappa shape index (κ3) is 3.28. The molecule has 21 heavy (non-hydrogen) atoms. The number of hydrogen-bond donors (Lipinski definition) is 2. The van der Waals surface area contributed by atoms with Crippen LogP contribution in [0.3, 0.4) is 0 Å². The zero-order chi connectivity index (χ0) is 15.6. The van der Waals surface area contributed by atoms with E-state index in [4.69, 9.17) is 27.3 Å². The van der Waals surface area contributed by atoms with E-state index in [1.165, 1.54) is 12.1 Å². The van der Waals surface area contributed by atoms with Crippen molar-refractivity contribution in [3.63, 3.8) is 0 Å². The molecule has 4 nitrogen and oxygen atoms in total. The quantitative estimate of drug-likeness (QED) is 0.362. The number of rotatable bonds is 3. The second kappa shape index (κ2) is 6.32. The first-order valence-electron chi connectivity index (χ1n) is 5.84. The Labute approximate surface area is 134 Å². The van der Waals surface area contributed by atoms with Crippen molar-refractivity contribution in [1.29, 1.82) is 0 Å². The molecule has 0 amide bonds. The molecule has 0 aromatic heterocycles. The van der Waals surface area contributed by atoms with Crippen LogP contribution in [0.5, 0.6) is 11.5 Å². The Morgan fingerprint density at radius 2 is 2.05 bits per heavy atom. The van der Waals surface area contributed by atoms with Crippen molar-refractivity contribution in [2.45, 2.75) is 6.92 Å². The monoisotopic (exact) mass is 372 g/mol. The van der Waals surface area contributed by atoms with E-state index in [1.54, 1.807) is 18.2 Å². The second-order valence-electron chi connectivity index (χ2n) is 4.24. The summed E-state index contributed by atoms with van der Waals surface area (Å²) in [5.74, 6) is -0.406. The summed E-state index contributed by atoms with van der Waals surface area (Å²) in [5.41, 5.74) is 6.50. The average Bonchev–Trinajstić information content (AvgIpc) is 2.47. The van der Waals surface area contributed by atoms with Gasteiger partial charge < -0.3 is 15.7 Å². The van der Waals surface area contributed by atoms with Crippen LogP contribution >= 0.6 is 27.5 Å². The lowest BCUT2D eigenvalue weighted by molar-refractivity contribution is 0.318. The van der Waals surface area contributed by atoms with E-state index in [-0.39, 0.29) is 21.6 Å². The number of hydrogen-bond acceptors (Lipinski definition) is 3. The molecule has 0 radical (unpaired) electrons. The van der Waals surface area contributed by atoms with Gasteiger partial charge in [-0.05, 0) is 52.7 Å². The van der Waals surface area contributed by atoms with Crippen molar-refractivity contribution in [2.75, 3.05) is 0 Å². The minimum Gasteiger partial charge on any atom is -0.454 e. The lowest BCUT2D eigenvalue weighted by Crippen LogP contribution is -2.14. The molecule has 110 valence electrons. The van der Waals surface area contributed by atoms with Gasteiger partial charge in [-0.15, -0.1) is 0 Å². The van der Waals surface area contributed by atoms with E-state index < -0.39 is 5.82 Å². The Balaban J connectivity index is 2.42. The van der Waals surface area contributed by atoms with Crippen LogP contribution in [0.25, 0.3) is 0 Å². The highest BCUT2D eigenvalue weighted by atomic mass is 79.9. The molecule has 2 rings (SSSR count). The average molecular weight is 374 g/mol. The molecule has 0 atom stereocenters. The lowest BCUT2D eigenvalue weighted by atomic mass is 10.2. The van der Waals surface area contributed by atoms with E-state index in [9.17, 15) is 4.39 Å². The molecule has 3 N–H and O–H groups in total. The number of amidine groups is 1. The number of aryl methyl sites for hydroxylation is 1. The molecule has 0 saturated carbocycles. The zero-order valence-electron chi connectivity index (χ0n) is 10.9. The summed E-state index contributed by atoms with van der Waals surface area (Å²) < 4.78 is 19.9. The molecule has 0 unspecified atom stereocenters. The van der Waals surface area contributed by atoms with Crippen LogP contribution in [0.1, 0.15) is 11.1 Å². The van der Waals surface area contributed by atoms with Crippen molar-refractivity contribution < 1.29 is 14.3 Å². The Morgan fingerprint density at radius 1 is 1.33 bits per heavy atom. The molecule has 2 aromatic rings. The van der Waals surface area contributed by atoms with Gasteiger partial charge in [-0.2, -0.15) is 0 Å². The normalized spacial score (nSPS) is 11.5. The maximum absolute atomic E-state index is 14.3. The predicted octanol–water partition coefficient (Wildman–Crippen LogP) is 4.44. The van der Waals surface area contributed by atoms with E-state index in [1.807, 2.05) is 6.92 Å². The number of oxime groups is 1. The highest BCUT2D eigenvalue weighted by Crippen LogP contribution is 2.33.